The summed E-state index contributed by atoms with van der Waals surface area (Å²) in [6.07, 6.45) is -0.705. The highest BCUT2D eigenvalue weighted by Crippen LogP contribution is 2.27. The van der Waals surface area contributed by atoms with Crippen molar-refractivity contribution in [3.05, 3.63) is 64.2 Å². The number of carbonyl (C=O) groups excluding carboxylic acids is 2. The van der Waals surface area contributed by atoms with Crippen LogP contribution in [0.1, 0.15) is 54.5 Å². The van der Waals surface area contributed by atoms with Crippen molar-refractivity contribution in [1.82, 2.24) is 0 Å². The van der Waals surface area contributed by atoms with Crippen molar-refractivity contribution in [2.75, 3.05) is 5.32 Å². The third-order valence-corrected chi connectivity index (χ3v) is 4.77. The number of benzene rings is 2. The molecular weight excluding hydrogens is 338 g/mol. The number of aryl methyl sites for hydroxylation is 3. The normalized spacial score (nSPS) is 12.0. The first kappa shape index (κ1) is 20.7. The van der Waals surface area contributed by atoms with E-state index in [2.05, 4.69) is 19.2 Å². The fourth-order valence-electron chi connectivity index (χ4n) is 2.94. The zero-order valence-corrected chi connectivity index (χ0v) is 17.1. The molecule has 0 bridgehead atoms. The van der Waals surface area contributed by atoms with Crippen LogP contribution in [0.15, 0.2) is 36.4 Å². The van der Waals surface area contributed by atoms with Crippen LogP contribution >= 0.6 is 0 Å². The number of para-hydroxylation sites is 1. The first-order valence-electron chi connectivity index (χ1n) is 9.35. The molecule has 0 saturated heterocycles. The van der Waals surface area contributed by atoms with Crippen LogP contribution in [0, 0.1) is 20.8 Å². The maximum absolute atomic E-state index is 12.5. The minimum atomic E-state index is -0.858. The van der Waals surface area contributed by atoms with Gasteiger partial charge in [-0.25, -0.2) is 0 Å². The smallest absolute Gasteiger partial charge is 0.311 e. The minimum absolute atomic E-state index is 0.153. The van der Waals surface area contributed by atoms with E-state index in [1.807, 2.05) is 57.2 Å². The summed E-state index contributed by atoms with van der Waals surface area (Å²) in [6.45, 7) is 11.8. The van der Waals surface area contributed by atoms with Crippen molar-refractivity contribution in [2.45, 2.75) is 60.0 Å². The Morgan fingerprint density at radius 1 is 0.963 bits per heavy atom. The van der Waals surface area contributed by atoms with Gasteiger partial charge in [0.1, 0.15) is 0 Å². The number of rotatable bonds is 6. The summed E-state index contributed by atoms with van der Waals surface area (Å²) in [5.41, 5.74) is 6.05. The zero-order chi connectivity index (χ0) is 20.1. The Bertz CT molecular complexity index is 840. The van der Waals surface area contributed by atoms with Gasteiger partial charge in [-0.15, -0.1) is 0 Å². The standard InChI is InChI=1S/C23H29NO3/c1-14(2)20-9-7-8-16(4)22(20)24-23(26)18(6)27-21(25)13-19-11-10-15(3)17(5)12-19/h7-12,14,18H,13H2,1-6H3,(H,24,26)/t18-/m0/s1. The molecule has 1 atom stereocenters. The lowest BCUT2D eigenvalue weighted by Crippen LogP contribution is -2.31. The molecule has 0 heterocycles. The molecule has 2 aromatic rings. The maximum Gasteiger partial charge on any atom is 0.311 e. The average molecular weight is 367 g/mol. The molecule has 0 unspecified atom stereocenters. The lowest BCUT2D eigenvalue weighted by atomic mass is 9.98. The summed E-state index contributed by atoms with van der Waals surface area (Å²) < 4.78 is 5.35. The minimum Gasteiger partial charge on any atom is -0.452 e. The van der Waals surface area contributed by atoms with Crippen LogP contribution in [-0.4, -0.2) is 18.0 Å². The van der Waals surface area contributed by atoms with E-state index in [1.54, 1.807) is 6.92 Å². The van der Waals surface area contributed by atoms with Gasteiger partial charge in [0.25, 0.3) is 5.91 Å². The van der Waals surface area contributed by atoms with Crippen LogP contribution in [0.25, 0.3) is 0 Å². The fraction of sp³-hybridized carbons (Fsp3) is 0.391. The summed E-state index contributed by atoms with van der Waals surface area (Å²) in [5, 5.41) is 2.93. The van der Waals surface area contributed by atoms with E-state index in [9.17, 15) is 9.59 Å². The second kappa shape index (κ2) is 8.85. The second-order valence-electron chi connectivity index (χ2n) is 7.41. The number of esters is 1. The van der Waals surface area contributed by atoms with Crippen LogP contribution in [0.2, 0.25) is 0 Å². The van der Waals surface area contributed by atoms with E-state index in [4.69, 9.17) is 4.74 Å². The lowest BCUT2D eigenvalue weighted by Gasteiger charge is -2.19. The fourth-order valence-corrected chi connectivity index (χ4v) is 2.94. The SMILES string of the molecule is Cc1ccc(CC(=O)O[C@@H](C)C(=O)Nc2c(C)cccc2C(C)C)cc1C. The van der Waals surface area contributed by atoms with Crippen molar-refractivity contribution >= 4 is 17.6 Å². The summed E-state index contributed by atoms with van der Waals surface area (Å²) in [7, 11) is 0. The van der Waals surface area contributed by atoms with Crippen LogP contribution in [0.4, 0.5) is 5.69 Å². The third-order valence-electron chi connectivity index (χ3n) is 4.77. The predicted molar refractivity (Wildman–Crippen MR) is 109 cm³/mol. The number of hydrogen-bond donors (Lipinski definition) is 1. The highest BCUT2D eigenvalue weighted by atomic mass is 16.5. The molecule has 27 heavy (non-hydrogen) atoms. The van der Waals surface area contributed by atoms with Crippen molar-refractivity contribution in [1.29, 1.82) is 0 Å². The predicted octanol–water partition coefficient (Wildman–Crippen LogP) is 4.85. The molecule has 0 aliphatic rings. The number of carbonyl (C=O) groups is 2. The molecule has 0 aliphatic carbocycles. The van der Waals surface area contributed by atoms with Crippen molar-refractivity contribution in [3.63, 3.8) is 0 Å². The van der Waals surface area contributed by atoms with Gasteiger partial charge < -0.3 is 10.1 Å². The molecule has 4 nitrogen and oxygen atoms in total. The topological polar surface area (TPSA) is 55.4 Å². The van der Waals surface area contributed by atoms with Gasteiger partial charge in [-0.3, -0.25) is 9.59 Å². The molecule has 0 fully saturated rings. The Morgan fingerprint density at radius 2 is 1.67 bits per heavy atom. The molecule has 0 radical (unpaired) electrons. The average Bonchev–Trinajstić information content (AvgIpc) is 2.59. The number of hydrogen-bond acceptors (Lipinski definition) is 3. The second-order valence-corrected chi connectivity index (χ2v) is 7.41. The summed E-state index contributed by atoms with van der Waals surface area (Å²) in [5.74, 6) is -0.447. The molecule has 2 aromatic carbocycles. The first-order valence-corrected chi connectivity index (χ1v) is 9.35. The van der Waals surface area contributed by atoms with Gasteiger partial charge in [0.2, 0.25) is 0 Å². The molecule has 0 spiro atoms. The number of nitrogens with one attached hydrogen (secondary N) is 1. The van der Waals surface area contributed by atoms with Crippen molar-refractivity contribution in [3.8, 4) is 0 Å². The van der Waals surface area contributed by atoms with Gasteiger partial charge in [-0.2, -0.15) is 0 Å². The van der Waals surface area contributed by atoms with Gasteiger partial charge in [-0.05, 0) is 61.4 Å². The van der Waals surface area contributed by atoms with Gasteiger partial charge in [-0.1, -0.05) is 50.2 Å². The Balaban J connectivity index is 2.01. The van der Waals surface area contributed by atoms with Crippen LogP contribution in [0.5, 0.6) is 0 Å². The van der Waals surface area contributed by atoms with E-state index in [0.29, 0.717) is 0 Å². The first-order chi connectivity index (χ1) is 12.7. The Hall–Kier alpha value is -2.62. The molecule has 2 rings (SSSR count). The van der Waals surface area contributed by atoms with Crippen molar-refractivity contribution < 1.29 is 14.3 Å². The van der Waals surface area contributed by atoms with Crippen molar-refractivity contribution in [2.24, 2.45) is 0 Å². The Morgan fingerprint density at radius 3 is 2.30 bits per heavy atom. The molecule has 144 valence electrons. The van der Waals surface area contributed by atoms with Gasteiger partial charge in [0.15, 0.2) is 6.10 Å². The highest BCUT2D eigenvalue weighted by Gasteiger charge is 2.20. The zero-order valence-electron chi connectivity index (χ0n) is 17.1. The van der Waals surface area contributed by atoms with E-state index in [-0.39, 0.29) is 18.2 Å². The molecule has 1 amide bonds. The van der Waals surface area contributed by atoms with E-state index < -0.39 is 12.1 Å². The molecule has 4 heteroatoms. The molecule has 0 aromatic heterocycles. The molecular formula is C23H29NO3. The largest absolute Gasteiger partial charge is 0.452 e. The molecule has 0 aliphatic heterocycles. The van der Waals surface area contributed by atoms with Crippen LogP contribution in [-0.2, 0) is 20.7 Å². The highest BCUT2D eigenvalue weighted by molar-refractivity contribution is 5.96. The molecule has 0 saturated carbocycles. The van der Waals surface area contributed by atoms with Gasteiger partial charge >= 0.3 is 5.97 Å². The Labute approximate surface area is 161 Å². The van der Waals surface area contributed by atoms with Gasteiger partial charge in [0, 0.05) is 5.69 Å². The van der Waals surface area contributed by atoms with Gasteiger partial charge in [0.05, 0.1) is 6.42 Å². The summed E-state index contributed by atoms with van der Waals surface area (Å²) in [6, 6.07) is 11.8. The van der Waals surface area contributed by atoms with E-state index in [1.165, 1.54) is 5.56 Å². The summed E-state index contributed by atoms with van der Waals surface area (Å²) >= 11 is 0. The van der Waals surface area contributed by atoms with Crippen LogP contribution < -0.4 is 5.32 Å². The summed E-state index contributed by atoms with van der Waals surface area (Å²) in [4.78, 5) is 24.8. The van der Waals surface area contributed by atoms with E-state index in [0.717, 1.165) is 27.9 Å². The molecule has 1 N–H and O–H groups in total. The Kier molecular flexibility index (Phi) is 6.78. The quantitative estimate of drug-likeness (QED) is 0.743. The third kappa shape index (κ3) is 5.43. The number of amides is 1. The maximum atomic E-state index is 12.5. The number of ether oxygens (including phenoxy) is 1. The lowest BCUT2D eigenvalue weighted by molar-refractivity contribution is -0.152. The monoisotopic (exact) mass is 367 g/mol. The van der Waals surface area contributed by atoms with E-state index >= 15 is 0 Å². The van der Waals surface area contributed by atoms with Crippen LogP contribution in [0.3, 0.4) is 0 Å². The number of anilines is 1.